The summed E-state index contributed by atoms with van der Waals surface area (Å²) in [5, 5.41) is 2.40. The summed E-state index contributed by atoms with van der Waals surface area (Å²) >= 11 is 0. The largest absolute Gasteiger partial charge is 0.463 e. The van der Waals surface area contributed by atoms with E-state index in [9.17, 15) is 9.59 Å². The van der Waals surface area contributed by atoms with Gasteiger partial charge in [-0.05, 0) is 35.0 Å². The lowest BCUT2D eigenvalue weighted by atomic mass is 10.0. The van der Waals surface area contributed by atoms with Crippen LogP contribution in [0.1, 0.15) is 11.1 Å². The van der Waals surface area contributed by atoms with E-state index in [-0.39, 0.29) is 22.6 Å². The SMILES string of the molecule is O=C1OC(c2cccc3ccccc23)=NC1=Cc1coc2ccccc2c1=O. The van der Waals surface area contributed by atoms with Crippen LogP contribution in [0.3, 0.4) is 0 Å². The highest BCUT2D eigenvalue weighted by molar-refractivity contribution is 6.17. The molecule has 1 aliphatic heterocycles. The van der Waals surface area contributed by atoms with Crippen molar-refractivity contribution in [3.8, 4) is 0 Å². The van der Waals surface area contributed by atoms with Crippen LogP contribution >= 0.6 is 0 Å². The Bertz CT molecular complexity index is 1370. The highest BCUT2D eigenvalue weighted by Crippen LogP contribution is 2.24. The van der Waals surface area contributed by atoms with Gasteiger partial charge in [-0.1, -0.05) is 48.5 Å². The number of aliphatic imine (C=N–C) groups is 1. The lowest BCUT2D eigenvalue weighted by Gasteiger charge is -2.04. The Morgan fingerprint density at radius 1 is 0.821 bits per heavy atom. The fourth-order valence-electron chi connectivity index (χ4n) is 3.28. The predicted octanol–water partition coefficient (Wildman–Crippen LogP) is 4.29. The number of nitrogens with zero attached hydrogens (tertiary/aromatic N) is 1. The molecule has 5 rings (SSSR count). The van der Waals surface area contributed by atoms with Crippen LogP contribution in [0.5, 0.6) is 0 Å². The van der Waals surface area contributed by atoms with Gasteiger partial charge in [0.25, 0.3) is 0 Å². The van der Waals surface area contributed by atoms with Crippen LogP contribution in [0, 0.1) is 0 Å². The molecule has 0 saturated carbocycles. The van der Waals surface area contributed by atoms with Gasteiger partial charge in [0.15, 0.2) is 11.1 Å². The van der Waals surface area contributed by atoms with Crippen molar-refractivity contribution >= 4 is 39.7 Å². The number of esters is 1. The molecular weight excluding hydrogens is 354 g/mol. The summed E-state index contributed by atoms with van der Waals surface area (Å²) < 4.78 is 10.9. The molecule has 0 radical (unpaired) electrons. The van der Waals surface area contributed by atoms with Crippen molar-refractivity contribution in [2.24, 2.45) is 4.99 Å². The van der Waals surface area contributed by atoms with Crippen LogP contribution in [0.15, 0.2) is 92.9 Å². The summed E-state index contributed by atoms with van der Waals surface area (Å²) in [6, 6.07) is 20.4. The molecule has 0 fully saturated rings. The van der Waals surface area contributed by atoms with Gasteiger partial charge in [0.2, 0.25) is 5.90 Å². The molecule has 0 bridgehead atoms. The minimum atomic E-state index is -0.601. The third-order valence-electron chi connectivity index (χ3n) is 4.64. The van der Waals surface area contributed by atoms with E-state index in [2.05, 4.69) is 4.99 Å². The number of benzene rings is 3. The molecule has 4 aromatic rings. The van der Waals surface area contributed by atoms with E-state index < -0.39 is 5.97 Å². The second kappa shape index (κ2) is 6.32. The molecule has 1 aliphatic rings. The van der Waals surface area contributed by atoms with E-state index in [4.69, 9.17) is 9.15 Å². The Hall–Kier alpha value is -3.99. The van der Waals surface area contributed by atoms with Gasteiger partial charge in [0.05, 0.1) is 10.9 Å². The number of para-hydroxylation sites is 1. The first-order chi connectivity index (χ1) is 13.7. The third-order valence-corrected chi connectivity index (χ3v) is 4.64. The van der Waals surface area contributed by atoms with Crippen LogP contribution in [-0.4, -0.2) is 11.9 Å². The van der Waals surface area contributed by atoms with Crippen molar-refractivity contribution in [1.82, 2.24) is 0 Å². The Labute approximate surface area is 159 Å². The summed E-state index contributed by atoms with van der Waals surface area (Å²) in [6.45, 7) is 0. The Kier molecular flexibility index (Phi) is 3.66. The quantitative estimate of drug-likeness (QED) is 0.391. The summed E-state index contributed by atoms with van der Waals surface area (Å²) in [6.07, 6.45) is 2.73. The van der Waals surface area contributed by atoms with E-state index in [1.54, 1.807) is 24.3 Å². The number of ether oxygens (including phenoxy) is 1. The molecule has 2 heterocycles. The van der Waals surface area contributed by atoms with Gasteiger partial charge in [-0.3, -0.25) is 4.79 Å². The average molecular weight is 367 g/mol. The molecule has 0 atom stereocenters. The number of carbonyl (C=O) groups is 1. The molecule has 0 saturated heterocycles. The number of fused-ring (bicyclic) bond motifs is 2. The minimum absolute atomic E-state index is 0.0607. The molecule has 5 heteroatoms. The maximum Gasteiger partial charge on any atom is 0.363 e. The summed E-state index contributed by atoms with van der Waals surface area (Å²) in [5.41, 5.74) is 1.29. The molecule has 0 amide bonds. The van der Waals surface area contributed by atoms with Crippen molar-refractivity contribution in [3.63, 3.8) is 0 Å². The maximum absolute atomic E-state index is 12.6. The van der Waals surface area contributed by atoms with E-state index in [0.717, 1.165) is 16.3 Å². The zero-order valence-corrected chi connectivity index (χ0v) is 14.6. The van der Waals surface area contributed by atoms with Gasteiger partial charge in [0.1, 0.15) is 11.8 Å². The van der Waals surface area contributed by atoms with Crippen LogP contribution in [-0.2, 0) is 9.53 Å². The number of cyclic esters (lactones) is 1. The molecule has 0 spiro atoms. The van der Waals surface area contributed by atoms with E-state index in [0.29, 0.717) is 11.0 Å². The number of hydrogen-bond donors (Lipinski definition) is 0. The van der Waals surface area contributed by atoms with E-state index in [1.165, 1.54) is 12.3 Å². The zero-order valence-electron chi connectivity index (χ0n) is 14.6. The summed E-state index contributed by atoms with van der Waals surface area (Å²) in [5.74, 6) is -0.381. The standard InChI is InChI=1S/C23H13NO4/c25-21-15(13-27-20-11-4-3-9-18(20)21)12-19-23(26)28-22(24-19)17-10-5-7-14-6-1-2-8-16(14)17/h1-13H. The van der Waals surface area contributed by atoms with Crippen molar-refractivity contribution in [2.45, 2.75) is 0 Å². The van der Waals surface area contributed by atoms with Crippen molar-refractivity contribution in [3.05, 3.63) is 100 Å². The van der Waals surface area contributed by atoms with Gasteiger partial charge in [-0.2, -0.15) is 0 Å². The average Bonchev–Trinajstić information content (AvgIpc) is 3.10. The first-order valence-electron chi connectivity index (χ1n) is 8.72. The highest BCUT2D eigenvalue weighted by Gasteiger charge is 2.25. The summed E-state index contributed by atoms with van der Waals surface area (Å²) in [7, 11) is 0. The van der Waals surface area contributed by atoms with Crippen molar-refractivity contribution < 1.29 is 13.9 Å². The molecule has 0 aliphatic carbocycles. The fraction of sp³-hybridized carbons (Fsp3) is 0. The van der Waals surface area contributed by atoms with Gasteiger partial charge in [0, 0.05) is 5.56 Å². The second-order valence-corrected chi connectivity index (χ2v) is 6.38. The normalized spacial score (nSPS) is 15.2. The smallest absolute Gasteiger partial charge is 0.363 e. The lowest BCUT2D eigenvalue weighted by molar-refractivity contribution is -0.129. The minimum Gasteiger partial charge on any atom is -0.463 e. The van der Waals surface area contributed by atoms with Crippen LogP contribution in [0.4, 0.5) is 0 Å². The zero-order chi connectivity index (χ0) is 19.1. The molecule has 3 aromatic carbocycles. The van der Waals surface area contributed by atoms with Gasteiger partial charge >= 0.3 is 5.97 Å². The molecular formula is C23H13NO4. The number of carbonyl (C=O) groups excluding carboxylic acids is 1. The first kappa shape index (κ1) is 16.2. The van der Waals surface area contributed by atoms with Gasteiger partial charge in [-0.25, -0.2) is 9.79 Å². The van der Waals surface area contributed by atoms with Crippen LogP contribution in [0.25, 0.3) is 27.8 Å². The molecule has 28 heavy (non-hydrogen) atoms. The fourth-order valence-corrected chi connectivity index (χ4v) is 3.28. The van der Waals surface area contributed by atoms with Crippen molar-refractivity contribution in [1.29, 1.82) is 0 Å². The molecule has 134 valence electrons. The molecule has 0 N–H and O–H groups in total. The maximum atomic E-state index is 12.6. The molecule has 0 unspecified atom stereocenters. The van der Waals surface area contributed by atoms with Crippen LogP contribution < -0.4 is 5.43 Å². The second-order valence-electron chi connectivity index (χ2n) is 6.38. The number of rotatable bonds is 2. The van der Waals surface area contributed by atoms with Crippen molar-refractivity contribution in [2.75, 3.05) is 0 Å². The Balaban J connectivity index is 1.62. The van der Waals surface area contributed by atoms with Gasteiger partial charge in [-0.15, -0.1) is 0 Å². The summed E-state index contributed by atoms with van der Waals surface area (Å²) in [4.78, 5) is 29.3. The van der Waals surface area contributed by atoms with E-state index >= 15 is 0 Å². The predicted molar refractivity (Wildman–Crippen MR) is 107 cm³/mol. The lowest BCUT2D eigenvalue weighted by Crippen LogP contribution is -2.07. The Morgan fingerprint density at radius 2 is 1.57 bits per heavy atom. The number of hydrogen-bond acceptors (Lipinski definition) is 5. The molecule has 1 aromatic heterocycles. The van der Waals surface area contributed by atoms with Crippen LogP contribution in [0.2, 0.25) is 0 Å². The monoisotopic (exact) mass is 367 g/mol. The highest BCUT2D eigenvalue weighted by atomic mass is 16.6. The molecule has 5 nitrogen and oxygen atoms in total. The first-order valence-corrected chi connectivity index (χ1v) is 8.72. The van der Waals surface area contributed by atoms with Gasteiger partial charge < -0.3 is 9.15 Å². The third kappa shape index (κ3) is 2.61. The topological polar surface area (TPSA) is 68.9 Å². The van der Waals surface area contributed by atoms with E-state index in [1.807, 2.05) is 42.5 Å². The Morgan fingerprint density at radius 3 is 2.46 bits per heavy atom.